The molecule has 2 aliphatic rings. The van der Waals surface area contributed by atoms with Crippen molar-refractivity contribution < 1.29 is 98.4 Å². The van der Waals surface area contributed by atoms with Gasteiger partial charge >= 0.3 is 0 Å². The van der Waals surface area contributed by atoms with Gasteiger partial charge in [0.1, 0.15) is 0 Å². The molecule has 136 valence electrons. The SMILES string of the molecule is CCCOC1(C)CCC2(c3ccc(O)c(O)c3)CCN(C)C2C1.[Ce].[Ce]. The maximum Gasteiger partial charge on any atom is 0.157 e. The van der Waals surface area contributed by atoms with Gasteiger partial charge in [0.2, 0.25) is 0 Å². The monoisotopic (exact) mass is 599 g/mol. The predicted molar refractivity (Wildman–Crippen MR) is 91.0 cm³/mol. The van der Waals surface area contributed by atoms with E-state index in [1.165, 1.54) is 0 Å². The molecular weight excluding hydrogens is 570 g/mol. The summed E-state index contributed by atoms with van der Waals surface area (Å²) in [4.78, 5) is 2.44. The topological polar surface area (TPSA) is 52.9 Å². The van der Waals surface area contributed by atoms with Crippen LogP contribution in [0, 0.1) is 83.5 Å². The van der Waals surface area contributed by atoms with Crippen LogP contribution >= 0.6 is 0 Å². The fraction of sp³-hybridized carbons (Fsp3) is 0.684. The number of fused-ring (bicyclic) bond motifs is 1. The molecule has 0 bridgehead atoms. The van der Waals surface area contributed by atoms with Gasteiger partial charge in [-0.15, -0.1) is 0 Å². The molecule has 3 atom stereocenters. The largest absolute Gasteiger partial charge is 0.504 e. The molecule has 0 aromatic heterocycles. The van der Waals surface area contributed by atoms with Crippen molar-refractivity contribution in [1.82, 2.24) is 4.90 Å². The number of phenolic OH excluding ortho intramolecular Hbond substituents is 2. The summed E-state index contributed by atoms with van der Waals surface area (Å²) in [6.07, 6.45) is 5.27. The Kier molecular flexibility index (Phi) is 9.62. The molecule has 0 amide bonds. The molecule has 0 spiro atoms. The first-order valence-corrected chi connectivity index (χ1v) is 8.77. The number of benzene rings is 1. The Morgan fingerprint density at radius 1 is 1.16 bits per heavy atom. The van der Waals surface area contributed by atoms with Gasteiger partial charge < -0.3 is 19.8 Å². The Morgan fingerprint density at radius 2 is 1.88 bits per heavy atom. The van der Waals surface area contributed by atoms with Crippen molar-refractivity contribution in [3.8, 4) is 11.5 Å². The minimum Gasteiger partial charge on any atom is -0.504 e. The molecule has 1 aliphatic heterocycles. The number of phenols is 2. The fourth-order valence-corrected chi connectivity index (χ4v) is 4.56. The molecule has 1 heterocycles. The molecule has 6 heteroatoms. The van der Waals surface area contributed by atoms with Crippen LogP contribution in [0.5, 0.6) is 11.5 Å². The molecule has 2 fully saturated rings. The van der Waals surface area contributed by atoms with Crippen LogP contribution in [0.4, 0.5) is 0 Å². The fourth-order valence-electron chi connectivity index (χ4n) is 4.56. The molecule has 1 aromatic carbocycles. The van der Waals surface area contributed by atoms with E-state index in [0.29, 0.717) is 6.04 Å². The first-order valence-electron chi connectivity index (χ1n) is 8.77. The van der Waals surface area contributed by atoms with E-state index in [-0.39, 0.29) is 106 Å². The third-order valence-electron chi connectivity index (χ3n) is 6.01. The van der Waals surface area contributed by atoms with Gasteiger partial charge in [-0.05, 0) is 70.3 Å². The quantitative estimate of drug-likeness (QED) is 0.522. The molecule has 2 N–H and O–H groups in total. The molecule has 1 saturated heterocycles. The van der Waals surface area contributed by atoms with Crippen LogP contribution in [0.1, 0.15) is 51.5 Å². The zero-order chi connectivity index (χ0) is 16.7. The predicted octanol–water partition coefficient (Wildman–Crippen LogP) is 3.41. The van der Waals surface area contributed by atoms with Crippen molar-refractivity contribution >= 4 is 0 Å². The van der Waals surface area contributed by atoms with Gasteiger partial charge in [-0.3, -0.25) is 0 Å². The smallest absolute Gasteiger partial charge is 0.157 e. The van der Waals surface area contributed by atoms with E-state index in [2.05, 4.69) is 25.8 Å². The summed E-state index contributed by atoms with van der Waals surface area (Å²) < 4.78 is 6.18. The normalized spacial score (nSPS) is 31.7. The van der Waals surface area contributed by atoms with Crippen molar-refractivity contribution in [1.29, 1.82) is 0 Å². The van der Waals surface area contributed by atoms with Gasteiger partial charge in [0, 0.05) is 102 Å². The minimum absolute atomic E-state index is 0. The number of likely N-dealkylation sites (tertiary alicyclic amines) is 1. The van der Waals surface area contributed by atoms with E-state index < -0.39 is 0 Å². The van der Waals surface area contributed by atoms with E-state index in [9.17, 15) is 10.2 Å². The van der Waals surface area contributed by atoms with E-state index >= 15 is 0 Å². The summed E-state index contributed by atoms with van der Waals surface area (Å²) in [5, 5.41) is 19.6. The maximum absolute atomic E-state index is 9.94. The summed E-state index contributed by atoms with van der Waals surface area (Å²) in [6, 6.07) is 5.78. The van der Waals surface area contributed by atoms with Crippen molar-refractivity contribution in [3.05, 3.63) is 23.8 Å². The summed E-state index contributed by atoms with van der Waals surface area (Å²) in [6.45, 7) is 6.28. The standard InChI is InChI=1S/C19H29NO3.2Ce/c1-4-11-23-18(2)7-8-19(9-10-20(3)17(19)13-18)14-5-6-15(21)16(22)12-14;;/h5-6,12,17,21-22H,4,7-11,13H2,1-3H3;;. The minimum atomic E-state index is -0.0538. The van der Waals surface area contributed by atoms with Crippen LogP contribution in [-0.2, 0) is 10.2 Å². The maximum atomic E-state index is 9.94. The number of rotatable bonds is 4. The molecular formula is C19H29Ce2NO3. The Labute approximate surface area is 218 Å². The van der Waals surface area contributed by atoms with Crippen molar-refractivity contribution in [3.63, 3.8) is 0 Å². The summed E-state index contributed by atoms with van der Waals surface area (Å²) >= 11 is 0. The third-order valence-corrected chi connectivity index (χ3v) is 6.01. The van der Waals surface area contributed by atoms with Crippen LogP contribution in [0.15, 0.2) is 18.2 Å². The van der Waals surface area contributed by atoms with E-state index in [1.54, 1.807) is 12.1 Å². The first kappa shape index (κ1) is 24.5. The van der Waals surface area contributed by atoms with E-state index in [4.69, 9.17) is 4.74 Å². The first-order chi connectivity index (χ1) is 10.9. The van der Waals surface area contributed by atoms with E-state index in [1.807, 2.05) is 6.07 Å². The molecule has 1 aromatic rings. The van der Waals surface area contributed by atoms with Crippen LogP contribution in [0.2, 0.25) is 0 Å². The Hall–Kier alpha value is 1.49. The molecule has 0 radical (unpaired) electrons. The molecule has 25 heavy (non-hydrogen) atoms. The second-order valence-corrected chi connectivity index (χ2v) is 7.61. The van der Waals surface area contributed by atoms with Gasteiger partial charge in [-0.1, -0.05) is 13.0 Å². The molecule has 1 aliphatic carbocycles. The number of hydrogen-bond acceptors (Lipinski definition) is 4. The number of nitrogens with zero attached hydrogens (tertiary/aromatic N) is 1. The Morgan fingerprint density at radius 3 is 2.52 bits per heavy atom. The molecule has 3 rings (SSSR count). The van der Waals surface area contributed by atoms with Gasteiger partial charge in [0.05, 0.1) is 5.60 Å². The Balaban J connectivity index is 0.00000156. The average Bonchev–Trinajstić information content (AvgIpc) is 2.86. The summed E-state index contributed by atoms with van der Waals surface area (Å²) in [7, 11) is 2.19. The van der Waals surface area contributed by atoms with Gasteiger partial charge in [-0.2, -0.15) is 0 Å². The van der Waals surface area contributed by atoms with E-state index in [0.717, 1.165) is 50.8 Å². The molecule has 4 nitrogen and oxygen atoms in total. The molecule has 3 unspecified atom stereocenters. The van der Waals surface area contributed by atoms with Crippen LogP contribution in [-0.4, -0.2) is 47.0 Å². The third kappa shape index (κ3) is 4.92. The zero-order valence-corrected chi connectivity index (χ0v) is 21.8. The van der Waals surface area contributed by atoms with Gasteiger partial charge in [0.15, 0.2) is 11.5 Å². The van der Waals surface area contributed by atoms with Crippen molar-refractivity contribution in [2.75, 3.05) is 20.2 Å². The number of hydrogen-bond donors (Lipinski definition) is 2. The summed E-state index contributed by atoms with van der Waals surface area (Å²) in [5.41, 5.74) is 1.16. The second-order valence-electron chi connectivity index (χ2n) is 7.61. The average molecular weight is 600 g/mol. The van der Waals surface area contributed by atoms with Gasteiger partial charge in [0.25, 0.3) is 0 Å². The number of ether oxygens (including phenoxy) is 1. The van der Waals surface area contributed by atoms with Gasteiger partial charge in [-0.25, -0.2) is 0 Å². The molecule has 1 saturated carbocycles. The number of aromatic hydroxyl groups is 2. The summed E-state index contributed by atoms with van der Waals surface area (Å²) in [5.74, 6) is -0.0549. The number of likely N-dealkylation sites (N-methyl/N-ethyl adjacent to an activating group) is 1. The van der Waals surface area contributed by atoms with Crippen LogP contribution < -0.4 is 0 Å². The van der Waals surface area contributed by atoms with Crippen LogP contribution in [0.3, 0.4) is 0 Å². The van der Waals surface area contributed by atoms with Crippen LogP contribution in [0.25, 0.3) is 0 Å². The second kappa shape index (κ2) is 9.81. The van der Waals surface area contributed by atoms with Crippen molar-refractivity contribution in [2.24, 2.45) is 0 Å². The van der Waals surface area contributed by atoms with Crippen molar-refractivity contribution in [2.45, 2.75) is 63.0 Å². The zero-order valence-electron chi connectivity index (χ0n) is 15.5. The Bertz CT molecular complexity index is 586.